The normalized spacial score (nSPS) is 11.5. The van der Waals surface area contributed by atoms with Crippen molar-refractivity contribution in [3.63, 3.8) is 0 Å². The first kappa shape index (κ1) is 14.2. The lowest BCUT2D eigenvalue weighted by atomic mass is 10.2. The molecule has 1 amide bonds. The van der Waals surface area contributed by atoms with Gasteiger partial charge in [-0.2, -0.15) is 0 Å². The van der Waals surface area contributed by atoms with E-state index in [2.05, 4.69) is 10.3 Å². The summed E-state index contributed by atoms with van der Waals surface area (Å²) < 4.78 is 5.05. The molecule has 1 aromatic rings. The minimum atomic E-state index is -1.05. The van der Waals surface area contributed by atoms with Crippen LogP contribution in [-0.4, -0.2) is 27.8 Å². The molecule has 0 unspecified atom stereocenters. The lowest BCUT2D eigenvalue weighted by molar-refractivity contribution is -0.131. The number of carbonyl (C=O) groups excluding carboxylic acids is 1. The van der Waals surface area contributed by atoms with Gasteiger partial charge < -0.3 is 9.84 Å². The summed E-state index contributed by atoms with van der Waals surface area (Å²) >= 11 is 1.19. The number of aromatic nitrogens is 1. The number of carbonyl (C=O) groups is 2. The molecule has 0 aromatic carbocycles. The quantitative estimate of drug-likeness (QED) is 0.824. The number of anilines is 1. The number of carboxylic acid groups (broad SMARTS) is 1. The molecule has 1 aromatic heterocycles. The molecule has 1 rings (SSSR count). The smallest absolute Gasteiger partial charge is 0.413 e. The van der Waals surface area contributed by atoms with Gasteiger partial charge in [0.1, 0.15) is 5.60 Å². The number of carboxylic acids is 1. The maximum atomic E-state index is 11.4. The Hall–Kier alpha value is -1.89. The predicted molar refractivity (Wildman–Crippen MR) is 68.6 cm³/mol. The Kier molecular flexibility index (Phi) is 4.43. The van der Waals surface area contributed by atoms with Gasteiger partial charge in [0, 0.05) is 11.5 Å². The van der Waals surface area contributed by atoms with Gasteiger partial charge in [-0.3, -0.25) is 5.32 Å². The standard InChI is InChI=1S/C11H14N2O4S/c1-11(2,3)17-10(16)13-9-12-7(6-18-9)4-5-8(14)15/h4-6H,1-3H3,(H,14,15)(H,12,13,16)/b5-4+. The first-order chi connectivity index (χ1) is 8.26. The maximum absolute atomic E-state index is 11.4. The largest absolute Gasteiger partial charge is 0.478 e. The van der Waals surface area contributed by atoms with Crippen molar-refractivity contribution in [3.8, 4) is 0 Å². The molecule has 98 valence electrons. The third-order valence-corrected chi connectivity index (χ3v) is 2.30. The lowest BCUT2D eigenvalue weighted by Gasteiger charge is -2.18. The minimum absolute atomic E-state index is 0.356. The Morgan fingerprint density at radius 2 is 2.17 bits per heavy atom. The molecule has 0 aliphatic carbocycles. The van der Waals surface area contributed by atoms with E-state index in [-0.39, 0.29) is 0 Å². The molecule has 0 radical (unpaired) electrons. The number of nitrogens with one attached hydrogen (secondary N) is 1. The van der Waals surface area contributed by atoms with E-state index in [1.54, 1.807) is 26.2 Å². The fourth-order valence-electron chi connectivity index (χ4n) is 0.968. The Morgan fingerprint density at radius 1 is 1.50 bits per heavy atom. The number of hydrogen-bond acceptors (Lipinski definition) is 5. The molecule has 1 heterocycles. The zero-order valence-electron chi connectivity index (χ0n) is 10.3. The van der Waals surface area contributed by atoms with E-state index in [0.29, 0.717) is 10.8 Å². The highest BCUT2D eigenvalue weighted by atomic mass is 32.1. The fraction of sp³-hybridized carbons (Fsp3) is 0.364. The Balaban J connectivity index is 2.59. The van der Waals surface area contributed by atoms with Gasteiger partial charge in [0.05, 0.1) is 5.69 Å². The molecule has 0 spiro atoms. The van der Waals surface area contributed by atoms with Gasteiger partial charge in [0.25, 0.3) is 0 Å². The van der Waals surface area contributed by atoms with Crippen molar-refractivity contribution < 1.29 is 19.4 Å². The van der Waals surface area contributed by atoms with Crippen LogP contribution in [0.15, 0.2) is 11.5 Å². The van der Waals surface area contributed by atoms with Crippen molar-refractivity contribution in [2.75, 3.05) is 5.32 Å². The summed E-state index contributed by atoms with van der Waals surface area (Å²) in [5, 5.41) is 12.9. The molecule has 2 N–H and O–H groups in total. The van der Waals surface area contributed by atoms with Crippen molar-refractivity contribution in [1.29, 1.82) is 0 Å². The van der Waals surface area contributed by atoms with E-state index >= 15 is 0 Å². The van der Waals surface area contributed by atoms with E-state index in [0.717, 1.165) is 6.08 Å². The van der Waals surface area contributed by atoms with Gasteiger partial charge in [-0.15, -0.1) is 11.3 Å². The zero-order valence-corrected chi connectivity index (χ0v) is 11.1. The Labute approximate surface area is 108 Å². The number of hydrogen-bond donors (Lipinski definition) is 2. The second-order valence-corrected chi connectivity index (χ2v) is 5.23. The van der Waals surface area contributed by atoms with Crippen LogP contribution < -0.4 is 5.32 Å². The number of ether oxygens (including phenoxy) is 1. The van der Waals surface area contributed by atoms with Crippen molar-refractivity contribution in [2.24, 2.45) is 0 Å². The Morgan fingerprint density at radius 3 is 2.72 bits per heavy atom. The number of amides is 1. The summed E-state index contributed by atoms with van der Waals surface area (Å²) in [5.41, 5.74) is -0.110. The van der Waals surface area contributed by atoms with Crippen LogP contribution >= 0.6 is 11.3 Å². The molecule has 0 fully saturated rings. The molecule has 0 aliphatic heterocycles. The lowest BCUT2D eigenvalue weighted by Crippen LogP contribution is -2.27. The minimum Gasteiger partial charge on any atom is -0.478 e. The van der Waals surface area contributed by atoms with Crippen LogP contribution in [0.3, 0.4) is 0 Å². The van der Waals surface area contributed by atoms with Crippen molar-refractivity contribution in [1.82, 2.24) is 4.98 Å². The second kappa shape index (κ2) is 5.63. The van der Waals surface area contributed by atoms with Crippen LogP contribution in [0.1, 0.15) is 26.5 Å². The van der Waals surface area contributed by atoms with Crippen LogP contribution in [-0.2, 0) is 9.53 Å². The summed E-state index contributed by atoms with van der Waals surface area (Å²) in [5.74, 6) is -1.05. The fourth-order valence-corrected chi connectivity index (χ4v) is 1.63. The van der Waals surface area contributed by atoms with Crippen LogP contribution in [0.2, 0.25) is 0 Å². The molecule has 0 saturated carbocycles. The maximum Gasteiger partial charge on any atom is 0.413 e. The summed E-state index contributed by atoms with van der Waals surface area (Å²) in [6.07, 6.45) is 1.73. The van der Waals surface area contributed by atoms with E-state index in [9.17, 15) is 9.59 Å². The molecule has 18 heavy (non-hydrogen) atoms. The van der Waals surface area contributed by atoms with Gasteiger partial charge in [-0.05, 0) is 26.8 Å². The number of thiazole rings is 1. The van der Waals surface area contributed by atoms with Crippen LogP contribution in [0.4, 0.5) is 9.93 Å². The third-order valence-electron chi connectivity index (χ3n) is 1.53. The number of rotatable bonds is 3. The van der Waals surface area contributed by atoms with E-state index < -0.39 is 17.7 Å². The first-order valence-electron chi connectivity index (χ1n) is 5.13. The summed E-state index contributed by atoms with van der Waals surface area (Å²) in [4.78, 5) is 25.7. The number of nitrogens with zero attached hydrogens (tertiary/aromatic N) is 1. The van der Waals surface area contributed by atoms with Crippen molar-refractivity contribution in [2.45, 2.75) is 26.4 Å². The van der Waals surface area contributed by atoms with Crippen LogP contribution in [0, 0.1) is 0 Å². The van der Waals surface area contributed by atoms with Gasteiger partial charge in [0.2, 0.25) is 0 Å². The highest BCUT2D eigenvalue weighted by Crippen LogP contribution is 2.17. The molecule has 0 atom stereocenters. The van der Waals surface area contributed by atoms with Gasteiger partial charge >= 0.3 is 12.1 Å². The monoisotopic (exact) mass is 270 g/mol. The van der Waals surface area contributed by atoms with Crippen molar-refractivity contribution in [3.05, 3.63) is 17.2 Å². The highest BCUT2D eigenvalue weighted by Gasteiger charge is 2.16. The average molecular weight is 270 g/mol. The molecule has 0 aliphatic rings. The molecule has 0 saturated heterocycles. The van der Waals surface area contributed by atoms with Crippen LogP contribution in [0.5, 0.6) is 0 Å². The average Bonchev–Trinajstić information content (AvgIpc) is 2.59. The third kappa shape index (κ3) is 5.44. The van der Waals surface area contributed by atoms with E-state index in [1.807, 2.05) is 0 Å². The molecular formula is C11H14N2O4S. The first-order valence-corrected chi connectivity index (χ1v) is 6.01. The van der Waals surface area contributed by atoms with Crippen LogP contribution in [0.25, 0.3) is 6.08 Å². The molecule has 0 bridgehead atoms. The molecule has 7 heteroatoms. The number of aliphatic carboxylic acids is 1. The SMILES string of the molecule is CC(C)(C)OC(=O)Nc1nc(/C=C/C(=O)O)cs1. The van der Waals surface area contributed by atoms with Gasteiger partial charge in [0.15, 0.2) is 5.13 Å². The molecular weight excluding hydrogens is 256 g/mol. The van der Waals surface area contributed by atoms with Crippen molar-refractivity contribution >= 4 is 34.6 Å². The predicted octanol–water partition coefficient (Wildman–Crippen LogP) is 2.59. The van der Waals surface area contributed by atoms with Gasteiger partial charge in [-0.1, -0.05) is 0 Å². The highest BCUT2D eigenvalue weighted by molar-refractivity contribution is 7.14. The molecule has 6 nitrogen and oxygen atoms in total. The topological polar surface area (TPSA) is 88.5 Å². The second-order valence-electron chi connectivity index (χ2n) is 4.38. The summed E-state index contributed by atoms with van der Waals surface area (Å²) in [6, 6.07) is 0. The van der Waals surface area contributed by atoms with E-state index in [4.69, 9.17) is 9.84 Å². The Bertz CT molecular complexity index is 474. The summed E-state index contributed by atoms with van der Waals surface area (Å²) in [6.45, 7) is 5.28. The van der Waals surface area contributed by atoms with Gasteiger partial charge in [-0.25, -0.2) is 14.6 Å². The summed E-state index contributed by atoms with van der Waals surface area (Å²) in [7, 11) is 0. The van der Waals surface area contributed by atoms with E-state index in [1.165, 1.54) is 17.4 Å². The zero-order chi connectivity index (χ0) is 13.8.